The van der Waals surface area contributed by atoms with Gasteiger partial charge in [-0.1, -0.05) is 12.5 Å². The van der Waals surface area contributed by atoms with Gasteiger partial charge in [0.1, 0.15) is 0 Å². The largest absolute Gasteiger partial charge is 0.395 e. The number of aliphatic hydroxyl groups excluding tert-OH is 1. The van der Waals surface area contributed by atoms with Crippen LogP contribution in [0.1, 0.15) is 24.8 Å². The van der Waals surface area contributed by atoms with Crippen LogP contribution in [0.5, 0.6) is 0 Å². The predicted octanol–water partition coefficient (Wildman–Crippen LogP) is 2.31. The third-order valence-corrected chi connectivity index (χ3v) is 3.33. The van der Waals surface area contributed by atoms with Crippen LogP contribution in [0.15, 0.2) is 18.2 Å². The van der Waals surface area contributed by atoms with Crippen molar-refractivity contribution < 1.29 is 13.9 Å². The number of nitrogens with zero attached hydrogens (tertiary/aromatic N) is 1. The number of hydrogen-bond donors (Lipinski definition) is 1. The first-order valence-electron chi connectivity index (χ1n) is 5.99. The number of hydrogen-bond acceptors (Lipinski definition) is 2. The van der Waals surface area contributed by atoms with Crippen LogP contribution >= 0.6 is 0 Å². The SMILES string of the molecule is OCC1CCCCN1Cc1ccc(F)c(F)c1. The van der Waals surface area contributed by atoms with Crippen molar-refractivity contribution in [3.63, 3.8) is 0 Å². The van der Waals surface area contributed by atoms with Gasteiger partial charge in [0.15, 0.2) is 11.6 Å². The van der Waals surface area contributed by atoms with E-state index in [2.05, 4.69) is 4.90 Å². The van der Waals surface area contributed by atoms with Crippen molar-refractivity contribution in [2.75, 3.05) is 13.2 Å². The number of rotatable bonds is 3. The lowest BCUT2D eigenvalue weighted by atomic mass is 10.0. The molecule has 1 saturated heterocycles. The Morgan fingerprint density at radius 3 is 2.76 bits per heavy atom. The van der Waals surface area contributed by atoms with Crippen molar-refractivity contribution in [1.82, 2.24) is 4.90 Å². The van der Waals surface area contributed by atoms with Gasteiger partial charge < -0.3 is 5.11 Å². The van der Waals surface area contributed by atoms with Crippen molar-refractivity contribution in [2.24, 2.45) is 0 Å². The molecule has 0 bridgehead atoms. The summed E-state index contributed by atoms with van der Waals surface area (Å²) in [5, 5.41) is 9.26. The van der Waals surface area contributed by atoms with Crippen molar-refractivity contribution in [3.8, 4) is 0 Å². The topological polar surface area (TPSA) is 23.5 Å². The Morgan fingerprint density at radius 2 is 2.06 bits per heavy atom. The molecule has 1 heterocycles. The Kier molecular flexibility index (Phi) is 4.07. The van der Waals surface area contributed by atoms with Gasteiger partial charge in [-0.15, -0.1) is 0 Å². The molecule has 0 aromatic heterocycles. The van der Waals surface area contributed by atoms with Crippen LogP contribution in [-0.4, -0.2) is 29.2 Å². The maximum absolute atomic E-state index is 13.1. The summed E-state index contributed by atoms with van der Waals surface area (Å²) >= 11 is 0. The number of benzene rings is 1. The summed E-state index contributed by atoms with van der Waals surface area (Å²) < 4.78 is 25.9. The van der Waals surface area contributed by atoms with Gasteiger partial charge in [-0.05, 0) is 37.1 Å². The van der Waals surface area contributed by atoms with Gasteiger partial charge >= 0.3 is 0 Å². The molecule has 0 amide bonds. The molecule has 0 radical (unpaired) electrons. The average molecular weight is 241 g/mol. The van der Waals surface area contributed by atoms with E-state index in [1.165, 1.54) is 6.07 Å². The molecule has 1 atom stereocenters. The second kappa shape index (κ2) is 5.56. The molecule has 1 aromatic rings. The Hall–Kier alpha value is -1.00. The predicted molar refractivity (Wildman–Crippen MR) is 61.5 cm³/mol. The fourth-order valence-corrected chi connectivity index (χ4v) is 2.35. The number of aliphatic hydroxyl groups is 1. The summed E-state index contributed by atoms with van der Waals surface area (Å²) in [5.41, 5.74) is 0.754. The van der Waals surface area contributed by atoms with Gasteiger partial charge in [0, 0.05) is 12.6 Å². The maximum atomic E-state index is 13.1. The monoisotopic (exact) mass is 241 g/mol. The van der Waals surface area contributed by atoms with E-state index in [1.54, 1.807) is 6.07 Å². The lowest BCUT2D eigenvalue weighted by Crippen LogP contribution is -2.41. The Balaban J connectivity index is 2.05. The Labute approximate surface area is 99.9 Å². The molecule has 1 aromatic carbocycles. The first-order valence-corrected chi connectivity index (χ1v) is 5.99. The fraction of sp³-hybridized carbons (Fsp3) is 0.538. The highest BCUT2D eigenvalue weighted by molar-refractivity contribution is 5.17. The highest BCUT2D eigenvalue weighted by Gasteiger charge is 2.21. The molecular formula is C13H17F2NO. The smallest absolute Gasteiger partial charge is 0.159 e. The molecule has 94 valence electrons. The lowest BCUT2D eigenvalue weighted by molar-refractivity contribution is 0.0840. The summed E-state index contributed by atoms with van der Waals surface area (Å²) in [6.45, 7) is 1.61. The van der Waals surface area contributed by atoms with Gasteiger partial charge in [0.05, 0.1) is 6.61 Å². The van der Waals surface area contributed by atoms with Crippen LogP contribution in [-0.2, 0) is 6.54 Å². The highest BCUT2D eigenvalue weighted by Crippen LogP contribution is 2.20. The highest BCUT2D eigenvalue weighted by atomic mass is 19.2. The van der Waals surface area contributed by atoms with Crippen LogP contribution in [0, 0.1) is 11.6 Å². The zero-order valence-corrected chi connectivity index (χ0v) is 9.70. The van der Waals surface area contributed by atoms with Crippen LogP contribution in [0.2, 0.25) is 0 Å². The molecule has 1 unspecified atom stereocenters. The Morgan fingerprint density at radius 1 is 1.24 bits per heavy atom. The van der Waals surface area contributed by atoms with E-state index in [0.29, 0.717) is 6.54 Å². The van der Waals surface area contributed by atoms with Crippen molar-refractivity contribution >= 4 is 0 Å². The normalized spacial score (nSPS) is 21.7. The molecule has 0 saturated carbocycles. The third-order valence-electron chi connectivity index (χ3n) is 3.33. The molecular weight excluding hydrogens is 224 g/mol. The van der Waals surface area contributed by atoms with E-state index in [-0.39, 0.29) is 12.6 Å². The molecule has 0 aliphatic carbocycles. The first-order chi connectivity index (χ1) is 8.20. The number of likely N-dealkylation sites (tertiary alicyclic amines) is 1. The summed E-state index contributed by atoms with van der Waals surface area (Å²) in [6, 6.07) is 4.14. The van der Waals surface area contributed by atoms with E-state index >= 15 is 0 Å². The summed E-state index contributed by atoms with van der Waals surface area (Å²) in [5.74, 6) is -1.62. The van der Waals surface area contributed by atoms with E-state index < -0.39 is 11.6 Å². The van der Waals surface area contributed by atoms with Gasteiger partial charge in [0.2, 0.25) is 0 Å². The minimum Gasteiger partial charge on any atom is -0.395 e. The fourth-order valence-electron chi connectivity index (χ4n) is 2.35. The molecule has 4 heteroatoms. The standard InChI is InChI=1S/C13H17F2NO/c14-12-5-4-10(7-13(12)15)8-16-6-2-1-3-11(16)9-17/h4-5,7,11,17H,1-3,6,8-9H2. The summed E-state index contributed by atoms with van der Waals surface area (Å²) in [6.07, 6.45) is 3.19. The molecule has 0 spiro atoms. The molecule has 2 rings (SSSR count). The van der Waals surface area contributed by atoms with Crippen LogP contribution < -0.4 is 0 Å². The van der Waals surface area contributed by atoms with E-state index in [9.17, 15) is 13.9 Å². The van der Waals surface area contributed by atoms with Crippen LogP contribution in [0.25, 0.3) is 0 Å². The van der Waals surface area contributed by atoms with Crippen molar-refractivity contribution in [2.45, 2.75) is 31.8 Å². The zero-order chi connectivity index (χ0) is 12.3. The van der Waals surface area contributed by atoms with Gasteiger partial charge in [-0.25, -0.2) is 8.78 Å². The van der Waals surface area contributed by atoms with Gasteiger partial charge in [-0.2, -0.15) is 0 Å². The van der Waals surface area contributed by atoms with E-state index in [4.69, 9.17) is 0 Å². The van der Waals surface area contributed by atoms with Crippen molar-refractivity contribution in [3.05, 3.63) is 35.4 Å². The van der Waals surface area contributed by atoms with Gasteiger partial charge in [0.25, 0.3) is 0 Å². The third kappa shape index (κ3) is 3.01. The summed E-state index contributed by atoms with van der Waals surface area (Å²) in [4.78, 5) is 2.14. The van der Waals surface area contributed by atoms with Crippen LogP contribution in [0.4, 0.5) is 8.78 Å². The molecule has 1 fully saturated rings. The van der Waals surface area contributed by atoms with Crippen LogP contribution in [0.3, 0.4) is 0 Å². The van der Waals surface area contributed by atoms with Gasteiger partial charge in [-0.3, -0.25) is 4.90 Å². The molecule has 2 nitrogen and oxygen atoms in total. The van der Waals surface area contributed by atoms with E-state index in [1.807, 2.05) is 0 Å². The Bertz CT molecular complexity index is 384. The van der Waals surface area contributed by atoms with Crippen molar-refractivity contribution in [1.29, 1.82) is 0 Å². The molecule has 1 aliphatic rings. The number of halogens is 2. The maximum Gasteiger partial charge on any atom is 0.159 e. The minimum absolute atomic E-state index is 0.129. The second-order valence-corrected chi connectivity index (χ2v) is 4.55. The molecule has 1 aliphatic heterocycles. The number of piperidine rings is 1. The summed E-state index contributed by atoms with van der Waals surface area (Å²) in [7, 11) is 0. The zero-order valence-electron chi connectivity index (χ0n) is 9.70. The second-order valence-electron chi connectivity index (χ2n) is 4.55. The molecule has 1 N–H and O–H groups in total. The minimum atomic E-state index is -0.814. The van der Waals surface area contributed by atoms with E-state index in [0.717, 1.165) is 37.4 Å². The average Bonchev–Trinajstić information content (AvgIpc) is 2.34. The quantitative estimate of drug-likeness (QED) is 0.877. The molecule has 17 heavy (non-hydrogen) atoms. The first kappa shape index (κ1) is 12.5. The lowest BCUT2D eigenvalue weighted by Gasteiger charge is -2.34.